The number of carbonyl (C=O) groups excluding carboxylic acids is 1. The Bertz CT molecular complexity index is 519. The fraction of sp³-hybridized carbons (Fsp3) is 0.529. The van der Waals surface area contributed by atoms with E-state index in [1.165, 1.54) is 0 Å². The number of aliphatic hydroxyl groups is 1. The van der Waals surface area contributed by atoms with Crippen LogP contribution in [-0.2, 0) is 11.2 Å². The number of benzene rings is 1. The molecule has 1 aromatic carbocycles. The summed E-state index contributed by atoms with van der Waals surface area (Å²) in [6.07, 6.45) is 2.50. The van der Waals surface area contributed by atoms with Crippen molar-refractivity contribution in [3.8, 4) is 6.07 Å². The van der Waals surface area contributed by atoms with Crippen molar-refractivity contribution < 1.29 is 9.90 Å². The SMILES string of the molecule is CC1(O)CCCN(C(=O)C(C#N)Cc2ccccc2)CC1. The van der Waals surface area contributed by atoms with E-state index >= 15 is 0 Å². The van der Waals surface area contributed by atoms with E-state index in [2.05, 4.69) is 6.07 Å². The first kappa shape index (κ1) is 15.5. The lowest BCUT2D eigenvalue weighted by atomic mass is 9.98. The zero-order chi connectivity index (χ0) is 15.3. The van der Waals surface area contributed by atoms with Gasteiger partial charge in [0.15, 0.2) is 0 Å². The summed E-state index contributed by atoms with van der Waals surface area (Å²) in [5, 5.41) is 19.4. The molecule has 0 spiro atoms. The average molecular weight is 286 g/mol. The Kier molecular flexibility index (Phi) is 4.98. The van der Waals surface area contributed by atoms with E-state index in [-0.39, 0.29) is 5.91 Å². The molecule has 1 fully saturated rings. The number of hydrogen-bond donors (Lipinski definition) is 1. The average Bonchev–Trinajstić information content (AvgIpc) is 2.66. The van der Waals surface area contributed by atoms with Gasteiger partial charge in [-0.15, -0.1) is 0 Å². The fourth-order valence-electron chi connectivity index (χ4n) is 2.74. The molecule has 1 aliphatic heterocycles. The van der Waals surface area contributed by atoms with Crippen molar-refractivity contribution in [2.45, 2.75) is 38.2 Å². The van der Waals surface area contributed by atoms with E-state index in [9.17, 15) is 15.2 Å². The largest absolute Gasteiger partial charge is 0.390 e. The summed E-state index contributed by atoms with van der Waals surface area (Å²) in [4.78, 5) is 14.3. The first-order valence-corrected chi connectivity index (χ1v) is 7.46. The maximum Gasteiger partial charge on any atom is 0.240 e. The highest BCUT2D eigenvalue weighted by Crippen LogP contribution is 2.23. The van der Waals surface area contributed by atoms with Crippen LogP contribution in [0.15, 0.2) is 30.3 Å². The normalized spacial score (nSPS) is 24.0. The molecule has 2 atom stereocenters. The summed E-state index contributed by atoms with van der Waals surface area (Å²) < 4.78 is 0. The number of hydrogen-bond acceptors (Lipinski definition) is 3. The second kappa shape index (κ2) is 6.73. The number of nitrogens with zero attached hydrogens (tertiary/aromatic N) is 2. The van der Waals surface area contributed by atoms with Crippen LogP contribution in [0.1, 0.15) is 31.7 Å². The number of amides is 1. The minimum absolute atomic E-state index is 0.112. The maximum absolute atomic E-state index is 12.5. The molecule has 21 heavy (non-hydrogen) atoms. The molecule has 1 saturated heterocycles. The Balaban J connectivity index is 2.01. The zero-order valence-electron chi connectivity index (χ0n) is 12.5. The Labute approximate surface area is 126 Å². The van der Waals surface area contributed by atoms with Crippen LogP contribution in [0, 0.1) is 17.2 Å². The molecule has 0 aromatic heterocycles. The third-order valence-electron chi connectivity index (χ3n) is 4.11. The summed E-state index contributed by atoms with van der Waals surface area (Å²) in [5.74, 6) is -0.755. The van der Waals surface area contributed by atoms with Gasteiger partial charge in [-0.05, 0) is 38.2 Å². The lowest BCUT2D eigenvalue weighted by Crippen LogP contribution is -2.38. The Morgan fingerprint density at radius 1 is 1.38 bits per heavy atom. The van der Waals surface area contributed by atoms with E-state index in [4.69, 9.17) is 0 Å². The van der Waals surface area contributed by atoms with Crippen molar-refractivity contribution in [1.82, 2.24) is 4.90 Å². The molecule has 2 unspecified atom stereocenters. The van der Waals surface area contributed by atoms with Crippen molar-refractivity contribution in [2.75, 3.05) is 13.1 Å². The van der Waals surface area contributed by atoms with Gasteiger partial charge in [-0.3, -0.25) is 4.79 Å². The van der Waals surface area contributed by atoms with E-state index in [1.54, 1.807) is 4.90 Å². The Hall–Kier alpha value is -1.86. The molecule has 1 aliphatic rings. The van der Waals surface area contributed by atoms with Crippen LogP contribution in [0.25, 0.3) is 0 Å². The predicted octanol–water partition coefficient (Wildman–Crippen LogP) is 2.13. The fourth-order valence-corrected chi connectivity index (χ4v) is 2.74. The molecule has 112 valence electrons. The van der Waals surface area contributed by atoms with Crippen LogP contribution in [-0.4, -0.2) is 34.6 Å². The monoisotopic (exact) mass is 286 g/mol. The van der Waals surface area contributed by atoms with Gasteiger partial charge in [0.25, 0.3) is 0 Å². The van der Waals surface area contributed by atoms with Gasteiger partial charge < -0.3 is 10.0 Å². The topological polar surface area (TPSA) is 64.3 Å². The van der Waals surface area contributed by atoms with E-state index < -0.39 is 11.5 Å². The van der Waals surface area contributed by atoms with Crippen molar-refractivity contribution >= 4 is 5.91 Å². The van der Waals surface area contributed by atoms with Gasteiger partial charge in [0, 0.05) is 13.1 Å². The van der Waals surface area contributed by atoms with E-state index in [0.29, 0.717) is 32.4 Å². The zero-order valence-corrected chi connectivity index (χ0v) is 12.5. The summed E-state index contributed by atoms with van der Waals surface area (Å²) in [6, 6.07) is 11.8. The first-order valence-electron chi connectivity index (χ1n) is 7.46. The molecule has 1 N–H and O–H groups in total. The number of rotatable bonds is 3. The van der Waals surface area contributed by atoms with E-state index in [1.807, 2.05) is 37.3 Å². The van der Waals surface area contributed by atoms with E-state index in [0.717, 1.165) is 12.0 Å². The molecule has 0 radical (unpaired) electrons. The minimum atomic E-state index is -0.698. The van der Waals surface area contributed by atoms with Crippen LogP contribution < -0.4 is 0 Å². The van der Waals surface area contributed by atoms with Gasteiger partial charge in [0.1, 0.15) is 5.92 Å². The van der Waals surface area contributed by atoms with Crippen molar-refractivity contribution in [2.24, 2.45) is 5.92 Å². The molecule has 2 rings (SSSR count). The second-order valence-electron chi connectivity index (χ2n) is 6.05. The summed E-state index contributed by atoms with van der Waals surface area (Å²) in [6.45, 7) is 2.97. The lowest BCUT2D eigenvalue weighted by Gasteiger charge is -2.24. The minimum Gasteiger partial charge on any atom is -0.390 e. The molecule has 1 aromatic rings. The quantitative estimate of drug-likeness (QED) is 0.925. The highest BCUT2D eigenvalue weighted by molar-refractivity contribution is 5.81. The Morgan fingerprint density at radius 3 is 2.76 bits per heavy atom. The van der Waals surface area contributed by atoms with Crippen LogP contribution in [0.4, 0.5) is 0 Å². The van der Waals surface area contributed by atoms with Gasteiger partial charge in [0.05, 0.1) is 11.7 Å². The first-order chi connectivity index (χ1) is 10.0. The summed E-state index contributed by atoms with van der Waals surface area (Å²) >= 11 is 0. The third-order valence-corrected chi connectivity index (χ3v) is 4.11. The van der Waals surface area contributed by atoms with Crippen molar-refractivity contribution in [3.63, 3.8) is 0 Å². The third kappa shape index (κ3) is 4.30. The highest BCUT2D eigenvalue weighted by atomic mass is 16.3. The van der Waals surface area contributed by atoms with Crippen molar-refractivity contribution in [3.05, 3.63) is 35.9 Å². The van der Waals surface area contributed by atoms with Crippen LogP contribution in [0.2, 0.25) is 0 Å². The maximum atomic E-state index is 12.5. The van der Waals surface area contributed by atoms with Gasteiger partial charge in [-0.2, -0.15) is 5.26 Å². The molecular weight excluding hydrogens is 264 g/mol. The highest BCUT2D eigenvalue weighted by Gasteiger charge is 2.30. The molecule has 1 heterocycles. The van der Waals surface area contributed by atoms with Gasteiger partial charge >= 0.3 is 0 Å². The van der Waals surface area contributed by atoms with Crippen LogP contribution >= 0.6 is 0 Å². The van der Waals surface area contributed by atoms with Crippen LogP contribution in [0.5, 0.6) is 0 Å². The lowest BCUT2D eigenvalue weighted by molar-refractivity contribution is -0.133. The molecular formula is C17H22N2O2. The smallest absolute Gasteiger partial charge is 0.240 e. The molecule has 0 bridgehead atoms. The number of likely N-dealkylation sites (tertiary alicyclic amines) is 1. The summed E-state index contributed by atoms with van der Waals surface area (Å²) in [5.41, 5.74) is 0.301. The number of carbonyl (C=O) groups is 1. The number of nitriles is 1. The van der Waals surface area contributed by atoms with Gasteiger partial charge in [0.2, 0.25) is 5.91 Å². The molecule has 0 aliphatic carbocycles. The summed E-state index contributed by atoms with van der Waals surface area (Å²) in [7, 11) is 0. The van der Waals surface area contributed by atoms with Gasteiger partial charge in [-0.1, -0.05) is 30.3 Å². The second-order valence-corrected chi connectivity index (χ2v) is 6.05. The van der Waals surface area contributed by atoms with Gasteiger partial charge in [-0.25, -0.2) is 0 Å². The molecule has 0 saturated carbocycles. The molecule has 4 heteroatoms. The molecule has 4 nitrogen and oxygen atoms in total. The van der Waals surface area contributed by atoms with Crippen LogP contribution in [0.3, 0.4) is 0 Å². The Morgan fingerprint density at radius 2 is 2.10 bits per heavy atom. The standard InChI is InChI=1S/C17H22N2O2/c1-17(21)8-5-10-19(11-9-17)16(20)15(13-18)12-14-6-3-2-4-7-14/h2-4,6-7,15,21H,5,8-12H2,1H3. The molecule has 1 amide bonds. The van der Waals surface area contributed by atoms with Crippen molar-refractivity contribution in [1.29, 1.82) is 5.26 Å². The predicted molar refractivity (Wildman–Crippen MR) is 80.3 cm³/mol.